The molecule has 3 N–H and O–H groups in total. The van der Waals surface area contributed by atoms with Crippen LogP contribution in [0.3, 0.4) is 0 Å². The van der Waals surface area contributed by atoms with Gasteiger partial charge in [0.25, 0.3) is 0 Å². The average molecular weight is 293 g/mol. The molecule has 0 saturated carbocycles. The third-order valence-corrected chi connectivity index (χ3v) is 4.61. The lowest BCUT2D eigenvalue weighted by atomic mass is 10.1. The molecule has 0 aliphatic rings. The van der Waals surface area contributed by atoms with Gasteiger partial charge in [0.15, 0.2) is 5.13 Å². The van der Waals surface area contributed by atoms with Gasteiger partial charge in [-0.2, -0.15) is 0 Å². The normalized spacial score (nSPS) is 10.4. The van der Waals surface area contributed by atoms with E-state index in [1.807, 2.05) is 32.0 Å². The largest absolute Gasteiger partial charge is 0.375 e. The van der Waals surface area contributed by atoms with Crippen LogP contribution in [0.25, 0.3) is 0 Å². The summed E-state index contributed by atoms with van der Waals surface area (Å²) in [6.45, 7) is 3.97. The van der Waals surface area contributed by atoms with Gasteiger partial charge >= 0.3 is 0 Å². The number of anilines is 2. The van der Waals surface area contributed by atoms with Crippen LogP contribution >= 0.6 is 23.1 Å². The highest BCUT2D eigenvalue weighted by atomic mass is 32.2. The van der Waals surface area contributed by atoms with E-state index in [1.54, 1.807) is 6.20 Å². The summed E-state index contributed by atoms with van der Waals surface area (Å²) < 4.78 is 0.953. The van der Waals surface area contributed by atoms with E-state index in [0.717, 1.165) is 21.0 Å². The van der Waals surface area contributed by atoms with Crippen molar-refractivity contribution in [3.05, 3.63) is 35.5 Å². The van der Waals surface area contributed by atoms with E-state index in [-0.39, 0.29) is 5.91 Å². The molecule has 100 valence electrons. The minimum absolute atomic E-state index is 0.0191. The van der Waals surface area contributed by atoms with E-state index >= 15 is 0 Å². The van der Waals surface area contributed by atoms with Crippen molar-refractivity contribution in [2.75, 3.05) is 16.8 Å². The molecule has 1 aromatic heterocycles. The summed E-state index contributed by atoms with van der Waals surface area (Å²) in [5, 5.41) is 3.47. The molecule has 0 radical (unpaired) electrons. The SMILES string of the molecule is Cc1cccc(C)c1NC(=O)CSc1cnc(N)s1. The van der Waals surface area contributed by atoms with E-state index in [9.17, 15) is 4.79 Å². The predicted octanol–water partition coefficient (Wildman–Crippen LogP) is 3.07. The molecule has 0 fully saturated rings. The summed E-state index contributed by atoms with van der Waals surface area (Å²) in [7, 11) is 0. The third-order valence-electron chi connectivity index (χ3n) is 2.59. The van der Waals surface area contributed by atoms with Gasteiger partial charge < -0.3 is 11.1 Å². The van der Waals surface area contributed by atoms with Crippen LogP contribution in [0, 0.1) is 13.8 Å². The van der Waals surface area contributed by atoms with Crippen LogP contribution in [0.5, 0.6) is 0 Å². The molecule has 0 unspecified atom stereocenters. The number of hydrogen-bond acceptors (Lipinski definition) is 5. The Bertz CT molecular complexity index is 575. The smallest absolute Gasteiger partial charge is 0.234 e. The van der Waals surface area contributed by atoms with Crippen molar-refractivity contribution in [3.63, 3.8) is 0 Å². The molecule has 19 heavy (non-hydrogen) atoms. The number of nitrogens with two attached hydrogens (primary N) is 1. The van der Waals surface area contributed by atoms with Gasteiger partial charge in [0.2, 0.25) is 5.91 Å². The lowest BCUT2D eigenvalue weighted by Gasteiger charge is -2.10. The molecule has 1 aromatic carbocycles. The molecule has 0 saturated heterocycles. The van der Waals surface area contributed by atoms with Crippen LogP contribution < -0.4 is 11.1 Å². The van der Waals surface area contributed by atoms with Crippen LogP contribution in [-0.4, -0.2) is 16.6 Å². The maximum absolute atomic E-state index is 11.9. The number of carbonyl (C=O) groups excluding carboxylic acids is 1. The highest BCUT2D eigenvalue weighted by Gasteiger charge is 2.08. The molecule has 6 heteroatoms. The molecule has 0 atom stereocenters. The number of nitrogens with zero attached hydrogens (tertiary/aromatic N) is 1. The number of thiazole rings is 1. The summed E-state index contributed by atoms with van der Waals surface area (Å²) in [6, 6.07) is 5.95. The summed E-state index contributed by atoms with van der Waals surface area (Å²) >= 11 is 2.84. The zero-order valence-electron chi connectivity index (χ0n) is 10.8. The van der Waals surface area contributed by atoms with Crippen molar-refractivity contribution < 1.29 is 4.79 Å². The van der Waals surface area contributed by atoms with E-state index in [4.69, 9.17) is 5.73 Å². The number of benzene rings is 1. The standard InChI is InChI=1S/C13H15N3OS2/c1-8-4-3-5-9(2)12(8)16-10(17)7-18-11-6-15-13(14)19-11/h3-6H,7H2,1-2H3,(H2,14,15)(H,16,17). The molecular weight excluding hydrogens is 278 g/mol. The van der Waals surface area contributed by atoms with Crippen molar-refractivity contribution >= 4 is 39.8 Å². The monoisotopic (exact) mass is 293 g/mol. The summed E-state index contributed by atoms with van der Waals surface area (Å²) in [4.78, 5) is 15.9. The molecule has 1 heterocycles. The fourth-order valence-electron chi connectivity index (χ4n) is 1.66. The van der Waals surface area contributed by atoms with Gasteiger partial charge in [-0.25, -0.2) is 4.98 Å². The first kappa shape index (κ1) is 13.9. The van der Waals surface area contributed by atoms with Crippen molar-refractivity contribution in [3.8, 4) is 0 Å². The van der Waals surface area contributed by atoms with E-state index in [2.05, 4.69) is 10.3 Å². The molecule has 2 rings (SSSR count). The van der Waals surface area contributed by atoms with Gasteiger partial charge in [-0.3, -0.25) is 4.79 Å². The number of thioether (sulfide) groups is 1. The first-order chi connectivity index (χ1) is 9.06. The number of nitrogen functional groups attached to an aromatic ring is 1. The van der Waals surface area contributed by atoms with E-state index in [0.29, 0.717) is 10.9 Å². The van der Waals surface area contributed by atoms with E-state index in [1.165, 1.54) is 23.1 Å². The molecule has 0 spiro atoms. The van der Waals surface area contributed by atoms with Gasteiger partial charge in [0.1, 0.15) is 0 Å². The molecule has 2 aromatic rings. The van der Waals surface area contributed by atoms with Gasteiger partial charge in [0, 0.05) is 5.69 Å². The Morgan fingerprint density at radius 1 is 1.42 bits per heavy atom. The first-order valence-electron chi connectivity index (χ1n) is 5.76. The van der Waals surface area contributed by atoms with Crippen LogP contribution in [0.4, 0.5) is 10.8 Å². The van der Waals surface area contributed by atoms with E-state index < -0.39 is 0 Å². The number of hydrogen-bond donors (Lipinski definition) is 2. The summed E-state index contributed by atoms with van der Waals surface area (Å²) in [5.41, 5.74) is 8.58. The van der Waals surface area contributed by atoms with Crippen LogP contribution in [0.15, 0.2) is 28.6 Å². The lowest BCUT2D eigenvalue weighted by molar-refractivity contribution is -0.113. The molecule has 0 aliphatic heterocycles. The molecule has 4 nitrogen and oxygen atoms in total. The van der Waals surface area contributed by atoms with Gasteiger partial charge in [-0.15, -0.1) is 11.8 Å². The summed E-state index contributed by atoms with van der Waals surface area (Å²) in [5.74, 6) is 0.337. The Balaban J connectivity index is 1.94. The molecular formula is C13H15N3OS2. The predicted molar refractivity (Wildman–Crippen MR) is 81.8 cm³/mol. The second-order valence-electron chi connectivity index (χ2n) is 4.12. The zero-order chi connectivity index (χ0) is 13.8. The van der Waals surface area contributed by atoms with Crippen molar-refractivity contribution in [1.29, 1.82) is 0 Å². The number of rotatable bonds is 4. The zero-order valence-corrected chi connectivity index (χ0v) is 12.4. The van der Waals surface area contributed by atoms with Crippen LogP contribution in [-0.2, 0) is 4.79 Å². The minimum atomic E-state index is -0.0191. The Morgan fingerprint density at radius 2 is 2.11 bits per heavy atom. The Hall–Kier alpha value is -1.53. The van der Waals surface area contributed by atoms with Crippen LogP contribution in [0.1, 0.15) is 11.1 Å². The summed E-state index contributed by atoms with van der Waals surface area (Å²) in [6.07, 6.45) is 1.69. The Kier molecular flexibility index (Phi) is 4.44. The van der Waals surface area contributed by atoms with Gasteiger partial charge in [-0.1, -0.05) is 29.5 Å². The fourth-order valence-corrected chi connectivity index (χ4v) is 3.22. The van der Waals surface area contributed by atoms with Gasteiger partial charge in [0.05, 0.1) is 16.2 Å². The molecule has 0 aliphatic carbocycles. The second-order valence-corrected chi connectivity index (χ2v) is 6.46. The Labute approximate surface area is 120 Å². The highest BCUT2D eigenvalue weighted by Crippen LogP contribution is 2.26. The van der Waals surface area contributed by atoms with Crippen molar-refractivity contribution in [1.82, 2.24) is 4.98 Å². The quantitative estimate of drug-likeness (QED) is 0.850. The number of aryl methyl sites for hydroxylation is 2. The highest BCUT2D eigenvalue weighted by molar-refractivity contribution is 8.01. The number of para-hydroxylation sites is 1. The first-order valence-corrected chi connectivity index (χ1v) is 7.56. The maximum Gasteiger partial charge on any atom is 0.234 e. The minimum Gasteiger partial charge on any atom is -0.375 e. The topological polar surface area (TPSA) is 68.0 Å². The Morgan fingerprint density at radius 3 is 2.68 bits per heavy atom. The fraction of sp³-hybridized carbons (Fsp3) is 0.231. The van der Waals surface area contributed by atoms with Gasteiger partial charge in [-0.05, 0) is 25.0 Å². The molecule has 1 amide bonds. The third kappa shape index (κ3) is 3.71. The van der Waals surface area contributed by atoms with Crippen molar-refractivity contribution in [2.45, 2.75) is 18.1 Å². The second kappa shape index (κ2) is 6.08. The lowest BCUT2D eigenvalue weighted by Crippen LogP contribution is -2.15. The number of amides is 1. The number of aromatic nitrogens is 1. The molecule has 0 bridgehead atoms. The van der Waals surface area contributed by atoms with Crippen molar-refractivity contribution in [2.24, 2.45) is 0 Å². The maximum atomic E-state index is 11.9. The number of carbonyl (C=O) groups is 1. The van der Waals surface area contributed by atoms with Crippen LogP contribution in [0.2, 0.25) is 0 Å². The average Bonchev–Trinajstić information content (AvgIpc) is 2.77. The number of nitrogens with one attached hydrogen (secondary N) is 1.